The molecule has 2 aromatic rings. The number of rotatable bonds is 6. The molecule has 0 amide bonds. The molecule has 1 saturated heterocycles. The lowest BCUT2D eigenvalue weighted by Gasteiger charge is -2.30. The van der Waals surface area contributed by atoms with Crippen LogP contribution in [0.3, 0.4) is 0 Å². The molecule has 1 N–H and O–H groups in total. The van der Waals surface area contributed by atoms with Crippen LogP contribution in [0.25, 0.3) is 11.1 Å². The highest BCUT2D eigenvalue weighted by Gasteiger charge is 2.39. The second kappa shape index (κ2) is 9.89. The van der Waals surface area contributed by atoms with E-state index in [-0.39, 0.29) is 13.1 Å². The Hall–Kier alpha value is -2.26. The van der Waals surface area contributed by atoms with Crippen LogP contribution >= 0.6 is 0 Å². The van der Waals surface area contributed by atoms with Gasteiger partial charge in [-0.15, -0.1) is 0 Å². The highest BCUT2D eigenvalue weighted by atomic mass is 32.2. The Morgan fingerprint density at radius 3 is 2.00 bits per heavy atom. The standard InChI is InChI=1S/C28H38N2O5S/c1-18-10-12-21(13-11-18)24-19(2)22-16-30(36(33,34)29-14-8-7-9-15-29)17-23(22)20(3)25(24)26(27(31)32)35-28(4,5)6/h10-13,26H,7-9,14-17H2,1-6H3,(H,31,32)/t26-/m0/s1. The first kappa shape index (κ1) is 26.8. The first-order valence-corrected chi connectivity index (χ1v) is 14.1. The number of fused-ring (bicyclic) bond motifs is 1. The molecule has 2 aliphatic rings. The van der Waals surface area contributed by atoms with E-state index in [1.54, 1.807) is 8.61 Å². The molecule has 2 heterocycles. The molecular weight excluding hydrogens is 476 g/mol. The minimum atomic E-state index is -3.61. The molecule has 0 bridgehead atoms. The van der Waals surface area contributed by atoms with E-state index in [9.17, 15) is 18.3 Å². The Bertz CT molecular complexity index is 1260. The van der Waals surface area contributed by atoms with Crippen molar-refractivity contribution in [3.8, 4) is 11.1 Å². The van der Waals surface area contributed by atoms with Gasteiger partial charge in [-0.05, 0) is 87.8 Å². The van der Waals surface area contributed by atoms with E-state index in [2.05, 4.69) is 0 Å². The van der Waals surface area contributed by atoms with Crippen LogP contribution in [0.5, 0.6) is 0 Å². The lowest BCUT2D eigenvalue weighted by molar-refractivity contribution is -0.160. The summed E-state index contributed by atoms with van der Waals surface area (Å²) in [7, 11) is -3.61. The largest absolute Gasteiger partial charge is 0.479 e. The van der Waals surface area contributed by atoms with E-state index >= 15 is 0 Å². The molecule has 0 aliphatic carbocycles. The minimum Gasteiger partial charge on any atom is -0.479 e. The zero-order valence-electron chi connectivity index (χ0n) is 22.2. The van der Waals surface area contributed by atoms with E-state index in [4.69, 9.17) is 4.74 Å². The van der Waals surface area contributed by atoms with Gasteiger partial charge in [-0.2, -0.15) is 17.0 Å². The summed E-state index contributed by atoms with van der Waals surface area (Å²) in [4.78, 5) is 12.6. The summed E-state index contributed by atoms with van der Waals surface area (Å²) in [6.07, 6.45) is 1.63. The third-order valence-corrected chi connectivity index (χ3v) is 9.18. The Balaban J connectivity index is 1.89. The van der Waals surface area contributed by atoms with Gasteiger partial charge in [0.15, 0.2) is 6.10 Å². The van der Waals surface area contributed by atoms with Crippen molar-refractivity contribution in [2.24, 2.45) is 0 Å². The fraction of sp³-hybridized carbons (Fsp3) is 0.536. The number of ether oxygens (including phenoxy) is 1. The summed E-state index contributed by atoms with van der Waals surface area (Å²) >= 11 is 0. The Kier molecular flexibility index (Phi) is 7.36. The summed E-state index contributed by atoms with van der Waals surface area (Å²) < 4.78 is 36.3. The first-order valence-electron chi connectivity index (χ1n) is 12.7. The monoisotopic (exact) mass is 514 g/mol. The molecule has 0 saturated carbocycles. The van der Waals surface area contributed by atoms with Crippen molar-refractivity contribution >= 4 is 16.2 Å². The Morgan fingerprint density at radius 1 is 0.917 bits per heavy atom. The van der Waals surface area contributed by atoms with Crippen LogP contribution < -0.4 is 0 Å². The number of aryl methyl sites for hydroxylation is 1. The fourth-order valence-electron chi connectivity index (χ4n) is 5.42. The molecule has 8 heteroatoms. The number of hydrogen-bond acceptors (Lipinski definition) is 4. The molecule has 0 unspecified atom stereocenters. The summed E-state index contributed by atoms with van der Waals surface area (Å²) in [5.41, 5.74) is 6.31. The number of piperidine rings is 1. The van der Waals surface area contributed by atoms with Crippen LogP contribution in [0.1, 0.15) is 79.5 Å². The van der Waals surface area contributed by atoms with Gasteiger partial charge in [0.2, 0.25) is 0 Å². The maximum absolute atomic E-state index is 13.5. The van der Waals surface area contributed by atoms with E-state index in [1.165, 1.54) is 0 Å². The zero-order valence-corrected chi connectivity index (χ0v) is 23.0. The van der Waals surface area contributed by atoms with Crippen LogP contribution in [0.2, 0.25) is 0 Å². The van der Waals surface area contributed by atoms with Crippen molar-refractivity contribution in [3.05, 3.63) is 57.6 Å². The van der Waals surface area contributed by atoms with Gasteiger partial charge in [0.05, 0.1) is 5.60 Å². The summed E-state index contributed by atoms with van der Waals surface area (Å²) in [5, 5.41) is 10.3. The lowest BCUT2D eigenvalue weighted by Crippen LogP contribution is -2.43. The quantitative estimate of drug-likeness (QED) is 0.568. The number of carboxylic acid groups (broad SMARTS) is 1. The predicted octanol–water partition coefficient (Wildman–Crippen LogP) is 5.27. The van der Waals surface area contributed by atoms with Crippen LogP contribution in [0, 0.1) is 20.8 Å². The van der Waals surface area contributed by atoms with Gasteiger partial charge < -0.3 is 9.84 Å². The average molecular weight is 515 g/mol. The number of carbonyl (C=O) groups is 1. The minimum absolute atomic E-state index is 0.240. The SMILES string of the molecule is Cc1ccc(-c2c(C)c3c(c(C)c2[C@H](OC(C)(C)C)C(=O)O)CN(S(=O)(=O)N2CCCCC2)C3)cc1. The fourth-order valence-corrected chi connectivity index (χ4v) is 7.05. The van der Waals surface area contributed by atoms with E-state index in [0.29, 0.717) is 18.7 Å². The van der Waals surface area contributed by atoms with Crippen molar-refractivity contribution < 1.29 is 23.1 Å². The number of hydrogen-bond donors (Lipinski definition) is 1. The Labute approximate surface area is 215 Å². The van der Waals surface area contributed by atoms with Crippen LogP contribution in [-0.2, 0) is 32.8 Å². The summed E-state index contributed by atoms with van der Waals surface area (Å²) in [5.74, 6) is -1.06. The molecule has 2 aliphatic heterocycles. The van der Waals surface area contributed by atoms with Crippen molar-refractivity contribution in [2.45, 2.75) is 85.6 Å². The molecule has 196 valence electrons. The number of nitrogens with zero attached hydrogens (tertiary/aromatic N) is 2. The molecule has 1 fully saturated rings. The topological polar surface area (TPSA) is 87.1 Å². The second-order valence-corrected chi connectivity index (χ2v) is 13.0. The van der Waals surface area contributed by atoms with Crippen molar-refractivity contribution in [1.29, 1.82) is 0 Å². The lowest BCUT2D eigenvalue weighted by atomic mass is 9.83. The Morgan fingerprint density at radius 2 is 1.47 bits per heavy atom. The van der Waals surface area contributed by atoms with Crippen molar-refractivity contribution in [3.63, 3.8) is 0 Å². The van der Waals surface area contributed by atoms with E-state index in [0.717, 1.165) is 58.2 Å². The first-order chi connectivity index (χ1) is 16.8. The van der Waals surface area contributed by atoms with Gasteiger partial charge in [0.1, 0.15) is 0 Å². The molecule has 36 heavy (non-hydrogen) atoms. The smallest absolute Gasteiger partial charge is 0.337 e. The summed E-state index contributed by atoms with van der Waals surface area (Å²) in [6.45, 7) is 13.1. The maximum atomic E-state index is 13.5. The molecule has 0 spiro atoms. The van der Waals surface area contributed by atoms with Gasteiger partial charge in [-0.1, -0.05) is 36.2 Å². The highest BCUT2D eigenvalue weighted by Crippen LogP contribution is 2.44. The van der Waals surface area contributed by atoms with Gasteiger partial charge in [0.25, 0.3) is 10.2 Å². The third-order valence-electron chi connectivity index (χ3n) is 7.25. The van der Waals surface area contributed by atoms with Crippen molar-refractivity contribution in [2.75, 3.05) is 13.1 Å². The number of aliphatic carboxylic acids is 1. The summed E-state index contributed by atoms with van der Waals surface area (Å²) in [6, 6.07) is 8.02. The molecule has 1 atom stereocenters. The van der Waals surface area contributed by atoms with Crippen LogP contribution in [0.4, 0.5) is 0 Å². The molecule has 2 aromatic carbocycles. The predicted molar refractivity (Wildman–Crippen MR) is 141 cm³/mol. The molecular formula is C28H38N2O5S. The highest BCUT2D eigenvalue weighted by molar-refractivity contribution is 7.86. The molecule has 4 rings (SSSR count). The molecule has 0 radical (unpaired) electrons. The third kappa shape index (κ3) is 5.09. The van der Waals surface area contributed by atoms with Crippen LogP contribution in [-0.4, -0.2) is 46.8 Å². The number of benzene rings is 2. The van der Waals surface area contributed by atoms with Gasteiger partial charge in [-0.25, -0.2) is 4.79 Å². The van der Waals surface area contributed by atoms with Crippen LogP contribution in [0.15, 0.2) is 24.3 Å². The molecule has 7 nitrogen and oxygen atoms in total. The second-order valence-electron chi connectivity index (χ2n) is 11.0. The molecule has 0 aromatic heterocycles. The van der Waals surface area contributed by atoms with Gasteiger partial charge >= 0.3 is 5.97 Å². The zero-order chi connectivity index (χ0) is 26.4. The van der Waals surface area contributed by atoms with E-state index in [1.807, 2.05) is 65.8 Å². The number of carboxylic acids is 1. The van der Waals surface area contributed by atoms with Gasteiger partial charge in [-0.3, -0.25) is 0 Å². The van der Waals surface area contributed by atoms with Crippen molar-refractivity contribution in [1.82, 2.24) is 8.61 Å². The normalized spacial score (nSPS) is 18.3. The maximum Gasteiger partial charge on any atom is 0.337 e. The van der Waals surface area contributed by atoms with E-state index < -0.39 is 27.9 Å². The van der Waals surface area contributed by atoms with Gasteiger partial charge in [0, 0.05) is 31.7 Å². The average Bonchev–Trinajstić information content (AvgIpc) is 3.28.